The molecule has 9 aromatic carbocycles. The number of rotatable bonds is 4. The molecule has 0 aliphatic heterocycles. The van der Waals surface area contributed by atoms with E-state index < -0.39 is 0 Å². The normalized spacial score (nSPS) is 11.9. The molecular formula is C52H30N2O2. The van der Waals surface area contributed by atoms with Crippen LogP contribution in [-0.2, 0) is 0 Å². The first-order valence-electron chi connectivity index (χ1n) is 18.9. The number of hydrogen-bond donors (Lipinski definition) is 0. The Labute approximate surface area is 320 Å². The van der Waals surface area contributed by atoms with Crippen LogP contribution in [0.4, 0.5) is 0 Å². The maximum Gasteiger partial charge on any atom is 0.180 e. The lowest BCUT2D eigenvalue weighted by Crippen LogP contribution is -1.93. The van der Waals surface area contributed by atoms with Gasteiger partial charge in [0.15, 0.2) is 11.4 Å². The highest BCUT2D eigenvalue weighted by molar-refractivity contribution is 6.26. The van der Waals surface area contributed by atoms with Crippen LogP contribution in [0.5, 0.6) is 0 Å². The smallest absolute Gasteiger partial charge is 0.180 e. The summed E-state index contributed by atoms with van der Waals surface area (Å²) in [5.41, 5.74) is 11.2. The Morgan fingerprint density at radius 2 is 0.714 bits per heavy atom. The SMILES string of the molecule is c1ccc(-c2nc(-c3ccccc3)c3oc4ccc(-c5ccc6oc7ccc(-c8ccc9c%10ccccc%10c%10ccccc%10c9c8)cc7c6c5)cc4c3n2)cc1. The summed E-state index contributed by atoms with van der Waals surface area (Å²) in [4.78, 5) is 10.1. The van der Waals surface area contributed by atoms with Crippen molar-refractivity contribution < 1.29 is 8.83 Å². The van der Waals surface area contributed by atoms with E-state index in [0.29, 0.717) is 11.4 Å². The fourth-order valence-corrected chi connectivity index (χ4v) is 8.55. The van der Waals surface area contributed by atoms with Gasteiger partial charge >= 0.3 is 0 Å². The van der Waals surface area contributed by atoms with Gasteiger partial charge in [0.05, 0.1) is 0 Å². The molecular weight excluding hydrogens is 685 g/mol. The van der Waals surface area contributed by atoms with E-state index in [1.807, 2.05) is 54.6 Å². The maximum absolute atomic E-state index is 6.52. The highest BCUT2D eigenvalue weighted by Gasteiger charge is 2.19. The van der Waals surface area contributed by atoms with Crippen molar-refractivity contribution in [3.8, 4) is 44.9 Å². The fraction of sp³-hybridized carbons (Fsp3) is 0. The van der Waals surface area contributed by atoms with Crippen molar-refractivity contribution >= 4 is 76.3 Å². The number of nitrogens with zero attached hydrogens (tertiary/aromatic N) is 2. The van der Waals surface area contributed by atoms with Crippen molar-refractivity contribution in [2.75, 3.05) is 0 Å². The summed E-state index contributed by atoms with van der Waals surface area (Å²) in [5.74, 6) is 0.667. The van der Waals surface area contributed by atoms with Crippen LogP contribution in [0.15, 0.2) is 191 Å². The van der Waals surface area contributed by atoms with E-state index in [4.69, 9.17) is 18.8 Å². The van der Waals surface area contributed by atoms with Crippen molar-refractivity contribution in [3.05, 3.63) is 182 Å². The fourth-order valence-electron chi connectivity index (χ4n) is 8.55. The van der Waals surface area contributed by atoms with Gasteiger partial charge in [-0.25, -0.2) is 9.97 Å². The predicted octanol–water partition coefficient (Wildman–Crippen LogP) is 14.4. The van der Waals surface area contributed by atoms with E-state index >= 15 is 0 Å². The molecule has 0 atom stereocenters. The molecule has 3 heterocycles. The first kappa shape index (κ1) is 30.9. The second-order valence-corrected chi connectivity index (χ2v) is 14.5. The van der Waals surface area contributed by atoms with Crippen molar-refractivity contribution in [2.45, 2.75) is 0 Å². The summed E-state index contributed by atoms with van der Waals surface area (Å²) in [6.07, 6.45) is 0. The van der Waals surface area contributed by atoms with E-state index in [1.165, 1.54) is 37.9 Å². The Morgan fingerprint density at radius 3 is 1.29 bits per heavy atom. The van der Waals surface area contributed by atoms with Crippen LogP contribution in [0.25, 0.3) is 121 Å². The third kappa shape index (κ3) is 4.73. The summed E-state index contributed by atoms with van der Waals surface area (Å²) < 4.78 is 12.9. The molecule has 4 nitrogen and oxygen atoms in total. The lowest BCUT2D eigenvalue weighted by Gasteiger charge is -2.12. The van der Waals surface area contributed by atoms with Gasteiger partial charge in [-0.15, -0.1) is 0 Å². The molecule has 0 fully saturated rings. The zero-order valence-electron chi connectivity index (χ0n) is 30.0. The second kappa shape index (κ2) is 12.0. The molecule has 0 saturated heterocycles. The Hall–Kier alpha value is -7.56. The summed E-state index contributed by atoms with van der Waals surface area (Å²) in [7, 11) is 0. The highest BCUT2D eigenvalue weighted by atomic mass is 16.3. The minimum atomic E-state index is 0.667. The first-order chi connectivity index (χ1) is 27.7. The van der Waals surface area contributed by atoms with Crippen molar-refractivity contribution in [1.82, 2.24) is 9.97 Å². The quantitative estimate of drug-likeness (QED) is 0.170. The molecule has 0 bridgehead atoms. The van der Waals surface area contributed by atoms with E-state index in [1.54, 1.807) is 0 Å². The van der Waals surface area contributed by atoms with Gasteiger partial charge in [-0.2, -0.15) is 0 Å². The lowest BCUT2D eigenvalue weighted by molar-refractivity contribution is 0.667. The summed E-state index contributed by atoms with van der Waals surface area (Å²) in [5, 5.41) is 10.7. The number of benzene rings is 9. The van der Waals surface area contributed by atoms with E-state index in [2.05, 4.69) is 127 Å². The molecule has 0 spiro atoms. The van der Waals surface area contributed by atoms with Gasteiger partial charge in [-0.1, -0.05) is 140 Å². The van der Waals surface area contributed by atoms with Crippen molar-refractivity contribution in [1.29, 1.82) is 0 Å². The van der Waals surface area contributed by atoms with Crippen LogP contribution in [0.1, 0.15) is 0 Å². The lowest BCUT2D eigenvalue weighted by atomic mass is 9.92. The summed E-state index contributed by atoms with van der Waals surface area (Å²) in [6, 6.07) is 64.0. The molecule has 12 aromatic rings. The topological polar surface area (TPSA) is 52.1 Å². The average Bonchev–Trinajstić information content (AvgIpc) is 3.84. The molecule has 0 radical (unpaired) electrons. The van der Waals surface area contributed by atoms with E-state index in [0.717, 1.165) is 71.9 Å². The maximum atomic E-state index is 6.52. The molecule has 12 rings (SSSR count). The largest absolute Gasteiger partial charge is 0.456 e. The van der Waals surface area contributed by atoms with Gasteiger partial charge in [-0.3, -0.25) is 0 Å². The highest BCUT2D eigenvalue weighted by Crippen LogP contribution is 2.41. The zero-order chi connectivity index (χ0) is 36.7. The van der Waals surface area contributed by atoms with Crippen LogP contribution in [0.3, 0.4) is 0 Å². The second-order valence-electron chi connectivity index (χ2n) is 14.5. The standard InChI is InChI=1S/C52H30N2O2/c1-3-11-31(12-4-1)49-51-50(54-52(53-49)32-13-5-2-6-14-32)45-30-36(22-26-48(45)56-51)35-21-25-47-44(29-35)43-28-34(20-24-46(43)55-47)33-19-23-41-39-17-8-7-15-37(39)38-16-9-10-18-40(38)42(41)27-33/h1-30H. The van der Waals surface area contributed by atoms with E-state index in [-0.39, 0.29) is 0 Å². The molecule has 0 amide bonds. The monoisotopic (exact) mass is 714 g/mol. The predicted molar refractivity (Wildman–Crippen MR) is 231 cm³/mol. The molecule has 260 valence electrons. The van der Waals surface area contributed by atoms with Gasteiger partial charge in [0, 0.05) is 27.3 Å². The van der Waals surface area contributed by atoms with Gasteiger partial charge in [-0.05, 0) is 97.0 Å². The molecule has 0 saturated carbocycles. The van der Waals surface area contributed by atoms with Gasteiger partial charge in [0.1, 0.15) is 28.0 Å². The third-order valence-electron chi connectivity index (χ3n) is 11.3. The minimum Gasteiger partial charge on any atom is -0.456 e. The molecule has 0 aliphatic carbocycles. The van der Waals surface area contributed by atoms with Gasteiger partial charge in [0.25, 0.3) is 0 Å². The number of furan rings is 2. The van der Waals surface area contributed by atoms with Crippen LogP contribution in [0, 0.1) is 0 Å². The molecule has 56 heavy (non-hydrogen) atoms. The van der Waals surface area contributed by atoms with Crippen LogP contribution in [-0.4, -0.2) is 9.97 Å². The Morgan fingerprint density at radius 1 is 0.286 bits per heavy atom. The summed E-state index contributed by atoms with van der Waals surface area (Å²) >= 11 is 0. The Kier molecular flexibility index (Phi) is 6.60. The van der Waals surface area contributed by atoms with Crippen molar-refractivity contribution in [3.63, 3.8) is 0 Å². The number of hydrogen-bond acceptors (Lipinski definition) is 4. The Balaban J connectivity index is 1.00. The third-order valence-corrected chi connectivity index (χ3v) is 11.3. The number of aromatic nitrogens is 2. The van der Waals surface area contributed by atoms with E-state index in [9.17, 15) is 0 Å². The van der Waals surface area contributed by atoms with Crippen LogP contribution < -0.4 is 0 Å². The molecule has 0 N–H and O–H groups in total. The summed E-state index contributed by atoms with van der Waals surface area (Å²) in [6.45, 7) is 0. The van der Waals surface area contributed by atoms with Crippen LogP contribution >= 0.6 is 0 Å². The molecule has 4 heteroatoms. The molecule has 0 unspecified atom stereocenters. The first-order valence-corrected chi connectivity index (χ1v) is 18.9. The minimum absolute atomic E-state index is 0.667. The number of fused-ring (bicyclic) bond motifs is 12. The average molecular weight is 715 g/mol. The van der Waals surface area contributed by atoms with Crippen LogP contribution in [0.2, 0.25) is 0 Å². The van der Waals surface area contributed by atoms with Gasteiger partial charge < -0.3 is 8.83 Å². The Bertz CT molecular complexity index is 3490. The van der Waals surface area contributed by atoms with Crippen molar-refractivity contribution in [2.24, 2.45) is 0 Å². The van der Waals surface area contributed by atoms with Gasteiger partial charge in [0.2, 0.25) is 0 Å². The zero-order valence-corrected chi connectivity index (χ0v) is 30.0. The molecule has 0 aliphatic rings. The molecule has 3 aromatic heterocycles.